The summed E-state index contributed by atoms with van der Waals surface area (Å²) < 4.78 is 0. The van der Waals surface area contributed by atoms with Gasteiger partial charge in [0.2, 0.25) is 5.91 Å². The molecule has 5 heteroatoms. The molecular formula is C22H27N3O2. The van der Waals surface area contributed by atoms with Crippen molar-refractivity contribution in [2.45, 2.75) is 26.2 Å². The van der Waals surface area contributed by atoms with E-state index in [1.54, 1.807) is 24.3 Å². The Morgan fingerprint density at radius 1 is 1.04 bits per heavy atom. The zero-order valence-corrected chi connectivity index (χ0v) is 15.7. The first-order valence-electron chi connectivity index (χ1n) is 9.59. The summed E-state index contributed by atoms with van der Waals surface area (Å²) in [5.74, 6) is 0.773. The predicted molar refractivity (Wildman–Crippen MR) is 109 cm³/mol. The number of para-hydroxylation sites is 1. The SMILES string of the molecule is CC(CC(=O)Nc1ccc(C(=O)Nc2ccccc2)cc1)C1CCCNC1. The zero-order chi connectivity index (χ0) is 19.1. The van der Waals surface area contributed by atoms with E-state index >= 15 is 0 Å². The van der Waals surface area contributed by atoms with Gasteiger partial charge < -0.3 is 16.0 Å². The number of carbonyl (C=O) groups is 2. The van der Waals surface area contributed by atoms with Crippen molar-refractivity contribution >= 4 is 23.2 Å². The van der Waals surface area contributed by atoms with E-state index in [4.69, 9.17) is 0 Å². The molecule has 142 valence electrons. The van der Waals surface area contributed by atoms with Gasteiger partial charge in [0, 0.05) is 23.4 Å². The van der Waals surface area contributed by atoms with Gasteiger partial charge in [-0.1, -0.05) is 25.1 Å². The molecule has 2 aromatic carbocycles. The van der Waals surface area contributed by atoms with Crippen LogP contribution >= 0.6 is 0 Å². The third-order valence-corrected chi connectivity index (χ3v) is 5.11. The van der Waals surface area contributed by atoms with E-state index in [-0.39, 0.29) is 11.8 Å². The summed E-state index contributed by atoms with van der Waals surface area (Å²) in [5, 5.41) is 9.19. The molecule has 0 bridgehead atoms. The minimum atomic E-state index is -0.169. The molecule has 5 nitrogen and oxygen atoms in total. The van der Waals surface area contributed by atoms with Gasteiger partial charge in [0.15, 0.2) is 0 Å². The van der Waals surface area contributed by atoms with Gasteiger partial charge in [0.1, 0.15) is 0 Å². The molecule has 2 atom stereocenters. The van der Waals surface area contributed by atoms with E-state index in [0.717, 1.165) is 18.8 Å². The van der Waals surface area contributed by atoms with Crippen molar-refractivity contribution in [2.24, 2.45) is 11.8 Å². The Hall–Kier alpha value is -2.66. The van der Waals surface area contributed by atoms with Crippen LogP contribution in [0.4, 0.5) is 11.4 Å². The van der Waals surface area contributed by atoms with Gasteiger partial charge in [0.25, 0.3) is 5.91 Å². The van der Waals surface area contributed by atoms with Crippen LogP contribution in [0.3, 0.4) is 0 Å². The summed E-state index contributed by atoms with van der Waals surface area (Å²) >= 11 is 0. The summed E-state index contributed by atoms with van der Waals surface area (Å²) in [6.45, 7) is 4.23. The Morgan fingerprint density at radius 3 is 2.41 bits per heavy atom. The zero-order valence-electron chi connectivity index (χ0n) is 15.7. The summed E-state index contributed by atoms with van der Waals surface area (Å²) in [5.41, 5.74) is 2.02. The minimum Gasteiger partial charge on any atom is -0.326 e. The largest absolute Gasteiger partial charge is 0.326 e. The lowest BCUT2D eigenvalue weighted by Crippen LogP contribution is -2.34. The fourth-order valence-corrected chi connectivity index (χ4v) is 3.47. The van der Waals surface area contributed by atoms with Crippen LogP contribution in [-0.2, 0) is 4.79 Å². The molecule has 2 aromatic rings. The molecule has 1 aliphatic heterocycles. The third kappa shape index (κ3) is 5.66. The van der Waals surface area contributed by atoms with Crippen LogP contribution in [-0.4, -0.2) is 24.9 Å². The molecule has 0 radical (unpaired) electrons. The van der Waals surface area contributed by atoms with Gasteiger partial charge in [-0.05, 0) is 74.2 Å². The number of amides is 2. The van der Waals surface area contributed by atoms with Crippen LogP contribution in [0.25, 0.3) is 0 Å². The number of piperidine rings is 1. The van der Waals surface area contributed by atoms with Crippen molar-refractivity contribution in [1.29, 1.82) is 0 Å². The Bertz CT molecular complexity index is 753. The fourth-order valence-electron chi connectivity index (χ4n) is 3.47. The minimum absolute atomic E-state index is 0.0227. The van der Waals surface area contributed by atoms with E-state index < -0.39 is 0 Å². The highest BCUT2D eigenvalue weighted by molar-refractivity contribution is 6.04. The molecule has 1 heterocycles. The Morgan fingerprint density at radius 2 is 1.74 bits per heavy atom. The molecule has 3 rings (SSSR count). The lowest BCUT2D eigenvalue weighted by Gasteiger charge is -2.28. The fraction of sp³-hybridized carbons (Fsp3) is 0.364. The average molecular weight is 365 g/mol. The molecule has 2 amide bonds. The van der Waals surface area contributed by atoms with Gasteiger partial charge in [-0.2, -0.15) is 0 Å². The van der Waals surface area contributed by atoms with Gasteiger partial charge in [-0.3, -0.25) is 9.59 Å². The van der Waals surface area contributed by atoms with Crippen LogP contribution < -0.4 is 16.0 Å². The second kappa shape index (κ2) is 9.33. The third-order valence-electron chi connectivity index (χ3n) is 5.11. The Labute approximate surface area is 160 Å². The predicted octanol–water partition coefficient (Wildman–Crippen LogP) is 3.90. The topological polar surface area (TPSA) is 70.2 Å². The second-order valence-corrected chi connectivity index (χ2v) is 7.23. The number of rotatable bonds is 6. The smallest absolute Gasteiger partial charge is 0.255 e. The molecule has 0 spiro atoms. The maximum atomic E-state index is 12.3. The van der Waals surface area contributed by atoms with Gasteiger partial charge >= 0.3 is 0 Å². The van der Waals surface area contributed by atoms with Crippen LogP contribution in [0.1, 0.15) is 36.5 Å². The van der Waals surface area contributed by atoms with E-state index in [1.807, 2.05) is 30.3 Å². The van der Waals surface area contributed by atoms with Crippen molar-refractivity contribution in [3.8, 4) is 0 Å². The molecule has 0 aliphatic carbocycles. The highest BCUT2D eigenvalue weighted by atomic mass is 16.2. The Balaban J connectivity index is 1.50. The standard InChI is InChI=1S/C22H27N3O2/c1-16(18-6-5-13-23-15-18)14-21(26)24-20-11-9-17(10-12-20)22(27)25-19-7-3-2-4-8-19/h2-4,7-12,16,18,23H,5-6,13-15H2,1H3,(H,24,26)(H,25,27). The summed E-state index contributed by atoms with van der Waals surface area (Å²) in [4.78, 5) is 24.6. The molecule has 2 unspecified atom stereocenters. The van der Waals surface area contributed by atoms with Crippen molar-refractivity contribution in [2.75, 3.05) is 23.7 Å². The highest BCUT2D eigenvalue weighted by Crippen LogP contribution is 2.23. The second-order valence-electron chi connectivity index (χ2n) is 7.23. The Kier molecular flexibility index (Phi) is 6.60. The van der Waals surface area contributed by atoms with Crippen molar-refractivity contribution < 1.29 is 9.59 Å². The summed E-state index contributed by atoms with van der Waals surface area (Å²) in [7, 11) is 0. The van der Waals surface area contributed by atoms with Crippen LogP contribution in [0, 0.1) is 11.8 Å². The van der Waals surface area contributed by atoms with E-state index in [9.17, 15) is 9.59 Å². The molecule has 3 N–H and O–H groups in total. The molecule has 27 heavy (non-hydrogen) atoms. The van der Waals surface area contributed by atoms with Crippen molar-refractivity contribution in [3.63, 3.8) is 0 Å². The first kappa shape index (κ1) is 19.1. The summed E-state index contributed by atoms with van der Waals surface area (Å²) in [6.07, 6.45) is 2.89. The average Bonchev–Trinajstić information content (AvgIpc) is 2.70. The van der Waals surface area contributed by atoms with Crippen LogP contribution in [0.15, 0.2) is 54.6 Å². The normalized spacial score (nSPS) is 17.7. The highest BCUT2D eigenvalue weighted by Gasteiger charge is 2.22. The number of carbonyl (C=O) groups excluding carboxylic acids is 2. The molecule has 0 saturated carbocycles. The number of benzene rings is 2. The van der Waals surface area contributed by atoms with Crippen molar-refractivity contribution in [1.82, 2.24) is 5.32 Å². The first-order valence-corrected chi connectivity index (χ1v) is 9.59. The summed E-state index contributed by atoms with van der Waals surface area (Å²) in [6, 6.07) is 16.3. The maximum absolute atomic E-state index is 12.3. The lowest BCUT2D eigenvalue weighted by atomic mass is 9.85. The van der Waals surface area contributed by atoms with Crippen LogP contribution in [0.5, 0.6) is 0 Å². The number of anilines is 2. The number of hydrogen-bond acceptors (Lipinski definition) is 3. The molecule has 0 aromatic heterocycles. The molecule has 1 aliphatic rings. The number of nitrogens with one attached hydrogen (secondary N) is 3. The quantitative estimate of drug-likeness (QED) is 0.727. The van der Waals surface area contributed by atoms with E-state index in [1.165, 1.54) is 12.8 Å². The number of hydrogen-bond donors (Lipinski definition) is 3. The van der Waals surface area contributed by atoms with Gasteiger partial charge in [0.05, 0.1) is 0 Å². The van der Waals surface area contributed by atoms with Gasteiger partial charge in [-0.15, -0.1) is 0 Å². The lowest BCUT2D eigenvalue weighted by molar-refractivity contribution is -0.117. The molecular weight excluding hydrogens is 338 g/mol. The van der Waals surface area contributed by atoms with Gasteiger partial charge in [-0.25, -0.2) is 0 Å². The maximum Gasteiger partial charge on any atom is 0.255 e. The van der Waals surface area contributed by atoms with E-state index in [2.05, 4.69) is 22.9 Å². The van der Waals surface area contributed by atoms with E-state index in [0.29, 0.717) is 29.5 Å². The molecule has 1 fully saturated rings. The monoisotopic (exact) mass is 365 g/mol. The van der Waals surface area contributed by atoms with Crippen molar-refractivity contribution in [3.05, 3.63) is 60.2 Å². The first-order chi connectivity index (χ1) is 13.1. The van der Waals surface area contributed by atoms with Crippen LogP contribution in [0.2, 0.25) is 0 Å². The molecule has 1 saturated heterocycles.